The Hall–Kier alpha value is -3.13. The van der Waals surface area contributed by atoms with Gasteiger partial charge in [-0.2, -0.15) is 0 Å². The normalized spacial score (nSPS) is 15.8. The van der Waals surface area contributed by atoms with Gasteiger partial charge in [-0.3, -0.25) is 4.79 Å². The molecule has 1 aliphatic rings. The highest BCUT2D eigenvalue weighted by atomic mass is 16.5. The Kier molecular flexibility index (Phi) is 6.10. The zero-order valence-electron chi connectivity index (χ0n) is 16.3. The average Bonchev–Trinajstić information content (AvgIpc) is 3.10. The van der Waals surface area contributed by atoms with Crippen molar-refractivity contribution in [3.63, 3.8) is 0 Å². The van der Waals surface area contributed by atoms with Crippen LogP contribution >= 0.6 is 0 Å². The third-order valence-electron chi connectivity index (χ3n) is 4.95. The minimum atomic E-state index is -0.861. The molecule has 2 atom stereocenters. The van der Waals surface area contributed by atoms with Gasteiger partial charge in [0.2, 0.25) is 0 Å². The van der Waals surface area contributed by atoms with Gasteiger partial charge in [0.05, 0.1) is 26.6 Å². The quantitative estimate of drug-likeness (QED) is 0.724. The van der Waals surface area contributed by atoms with Crippen molar-refractivity contribution in [1.82, 2.24) is 0 Å². The number of benzene rings is 2. The highest BCUT2D eigenvalue weighted by molar-refractivity contribution is 5.69. The second-order valence-corrected chi connectivity index (χ2v) is 6.63. The molecule has 5 heteroatoms. The Morgan fingerprint density at radius 1 is 1.18 bits per heavy atom. The second-order valence-electron chi connectivity index (χ2n) is 6.63. The lowest BCUT2D eigenvalue weighted by Crippen LogP contribution is -2.06. The fraction of sp³-hybridized carbons (Fsp3) is 0.348. The summed E-state index contributed by atoms with van der Waals surface area (Å²) < 4.78 is 17.1. The van der Waals surface area contributed by atoms with E-state index in [0.29, 0.717) is 0 Å². The fourth-order valence-electron chi connectivity index (χ4n) is 3.66. The van der Waals surface area contributed by atoms with E-state index < -0.39 is 5.97 Å². The van der Waals surface area contributed by atoms with E-state index in [4.69, 9.17) is 19.3 Å². The molecular weight excluding hydrogens is 356 g/mol. The van der Waals surface area contributed by atoms with Crippen molar-refractivity contribution in [2.45, 2.75) is 38.2 Å². The summed E-state index contributed by atoms with van der Waals surface area (Å²) in [5.74, 6) is 6.84. The molecule has 1 aliphatic carbocycles. The van der Waals surface area contributed by atoms with Crippen LogP contribution in [0.15, 0.2) is 36.4 Å². The van der Waals surface area contributed by atoms with Crippen LogP contribution in [-0.2, 0) is 11.2 Å². The molecule has 0 saturated heterocycles. The summed E-state index contributed by atoms with van der Waals surface area (Å²) in [4.78, 5) is 11.1. The van der Waals surface area contributed by atoms with Crippen LogP contribution in [0.2, 0.25) is 0 Å². The summed E-state index contributed by atoms with van der Waals surface area (Å²) in [7, 11) is 3.28. The number of carbonyl (C=O) groups is 1. The SMILES string of the molecule is CC#CC(CC(=O)O)c1ccc(OC2CCc3c2ccc(OC)c3OC)cc1. The van der Waals surface area contributed by atoms with Crippen LogP contribution in [0.5, 0.6) is 17.2 Å². The maximum absolute atomic E-state index is 11.1. The first-order valence-corrected chi connectivity index (χ1v) is 9.21. The standard InChI is InChI=1S/C23H24O5/c1-4-5-16(14-22(24)25)15-6-8-17(9-7-15)28-20-12-11-19-18(20)10-13-21(26-2)23(19)27-3/h6-10,13,16,20H,11-12,14H2,1-3H3,(H,24,25). The molecule has 0 radical (unpaired) electrons. The predicted octanol–water partition coefficient (Wildman–Crippen LogP) is 4.35. The summed E-state index contributed by atoms with van der Waals surface area (Å²) in [6, 6.07) is 11.5. The number of aliphatic carboxylic acids is 1. The van der Waals surface area contributed by atoms with Crippen molar-refractivity contribution >= 4 is 5.97 Å². The van der Waals surface area contributed by atoms with Crippen LogP contribution in [-0.4, -0.2) is 25.3 Å². The average molecular weight is 380 g/mol. The maximum Gasteiger partial charge on any atom is 0.304 e. The Morgan fingerprint density at radius 3 is 2.54 bits per heavy atom. The first-order valence-electron chi connectivity index (χ1n) is 9.21. The molecule has 0 saturated carbocycles. The van der Waals surface area contributed by atoms with Gasteiger partial charge in [0.25, 0.3) is 0 Å². The maximum atomic E-state index is 11.1. The molecule has 0 aliphatic heterocycles. The molecular formula is C23H24O5. The van der Waals surface area contributed by atoms with E-state index in [1.165, 1.54) is 0 Å². The number of fused-ring (bicyclic) bond motifs is 1. The summed E-state index contributed by atoms with van der Waals surface area (Å²) in [5.41, 5.74) is 3.12. The van der Waals surface area contributed by atoms with Gasteiger partial charge in [-0.15, -0.1) is 5.92 Å². The number of ether oxygens (including phenoxy) is 3. The largest absolute Gasteiger partial charge is 0.493 e. The van der Waals surface area contributed by atoms with Gasteiger partial charge in [-0.1, -0.05) is 24.1 Å². The molecule has 5 nitrogen and oxygen atoms in total. The Labute approximate surface area is 165 Å². The Morgan fingerprint density at radius 2 is 1.93 bits per heavy atom. The summed E-state index contributed by atoms with van der Waals surface area (Å²) >= 11 is 0. The van der Waals surface area contributed by atoms with Gasteiger partial charge < -0.3 is 19.3 Å². The highest BCUT2D eigenvalue weighted by Crippen LogP contribution is 2.43. The summed E-state index contributed by atoms with van der Waals surface area (Å²) in [5, 5.41) is 9.08. The van der Waals surface area contributed by atoms with E-state index >= 15 is 0 Å². The molecule has 28 heavy (non-hydrogen) atoms. The lowest BCUT2D eigenvalue weighted by molar-refractivity contribution is -0.137. The number of hydrogen-bond donors (Lipinski definition) is 1. The van der Waals surface area contributed by atoms with Crippen molar-refractivity contribution in [1.29, 1.82) is 0 Å². The first-order chi connectivity index (χ1) is 13.6. The zero-order valence-corrected chi connectivity index (χ0v) is 16.3. The molecule has 1 N–H and O–H groups in total. The van der Waals surface area contributed by atoms with E-state index in [9.17, 15) is 4.79 Å². The molecule has 2 aromatic rings. The van der Waals surface area contributed by atoms with Crippen LogP contribution in [0.3, 0.4) is 0 Å². The Balaban J connectivity index is 1.77. The van der Waals surface area contributed by atoms with E-state index in [-0.39, 0.29) is 18.4 Å². The van der Waals surface area contributed by atoms with Gasteiger partial charge in [0.15, 0.2) is 11.5 Å². The van der Waals surface area contributed by atoms with E-state index in [1.54, 1.807) is 21.1 Å². The molecule has 0 heterocycles. The van der Waals surface area contributed by atoms with E-state index in [0.717, 1.165) is 46.8 Å². The van der Waals surface area contributed by atoms with Crippen LogP contribution in [0.4, 0.5) is 0 Å². The number of carboxylic acid groups (broad SMARTS) is 1. The molecule has 146 valence electrons. The minimum absolute atomic E-state index is 0.0152. The van der Waals surface area contributed by atoms with Gasteiger partial charge in [-0.25, -0.2) is 0 Å². The third-order valence-corrected chi connectivity index (χ3v) is 4.95. The molecule has 2 unspecified atom stereocenters. The van der Waals surface area contributed by atoms with Gasteiger partial charge >= 0.3 is 5.97 Å². The molecule has 0 aromatic heterocycles. The monoisotopic (exact) mass is 380 g/mol. The highest BCUT2D eigenvalue weighted by Gasteiger charge is 2.28. The van der Waals surface area contributed by atoms with Gasteiger partial charge in [0, 0.05) is 5.56 Å². The van der Waals surface area contributed by atoms with E-state index in [1.807, 2.05) is 36.4 Å². The topological polar surface area (TPSA) is 65.0 Å². The van der Waals surface area contributed by atoms with Crippen LogP contribution < -0.4 is 14.2 Å². The van der Waals surface area contributed by atoms with Crippen LogP contribution in [0, 0.1) is 11.8 Å². The van der Waals surface area contributed by atoms with E-state index in [2.05, 4.69) is 11.8 Å². The zero-order chi connectivity index (χ0) is 20.1. The molecule has 0 amide bonds. The van der Waals surface area contributed by atoms with Gasteiger partial charge in [0.1, 0.15) is 11.9 Å². The number of rotatable bonds is 7. The molecule has 2 aromatic carbocycles. The molecule has 0 spiro atoms. The van der Waals surface area contributed by atoms with Crippen molar-refractivity contribution < 1.29 is 24.1 Å². The third kappa shape index (κ3) is 4.07. The number of methoxy groups -OCH3 is 2. The van der Waals surface area contributed by atoms with Crippen molar-refractivity contribution in [3.8, 4) is 29.1 Å². The second kappa shape index (κ2) is 8.71. The van der Waals surface area contributed by atoms with Crippen molar-refractivity contribution in [2.24, 2.45) is 0 Å². The smallest absolute Gasteiger partial charge is 0.304 e. The van der Waals surface area contributed by atoms with Crippen molar-refractivity contribution in [3.05, 3.63) is 53.1 Å². The first kappa shape index (κ1) is 19.6. The lowest BCUT2D eigenvalue weighted by Gasteiger charge is -2.17. The Bertz CT molecular complexity index is 905. The van der Waals surface area contributed by atoms with Crippen LogP contribution in [0.25, 0.3) is 0 Å². The number of hydrogen-bond acceptors (Lipinski definition) is 4. The van der Waals surface area contributed by atoms with Gasteiger partial charge in [-0.05, 0) is 49.1 Å². The molecule has 0 fully saturated rings. The van der Waals surface area contributed by atoms with Crippen molar-refractivity contribution in [2.75, 3.05) is 14.2 Å². The molecule has 0 bridgehead atoms. The predicted molar refractivity (Wildman–Crippen MR) is 106 cm³/mol. The molecule has 3 rings (SSSR count). The number of carboxylic acids is 1. The fourth-order valence-corrected chi connectivity index (χ4v) is 3.66. The lowest BCUT2D eigenvalue weighted by atomic mass is 9.96. The summed E-state index contributed by atoms with van der Waals surface area (Å²) in [6.07, 6.45) is 1.67. The summed E-state index contributed by atoms with van der Waals surface area (Å²) in [6.45, 7) is 1.72. The minimum Gasteiger partial charge on any atom is -0.493 e. The van der Waals surface area contributed by atoms with Crippen LogP contribution in [0.1, 0.15) is 48.5 Å².